The van der Waals surface area contributed by atoms with E-state index < -0.39 is 11.5 Å². The molecular weight excluding hydrogens is 430 g/mol. The van der Waals surface area contributed by atoms with E-state index in [9.17, 15) is 19.8 Å². The molecule has 0 aliphatic heterocycles. The van der Waals surface area contributed by atoms with Gasteiger partial charge in [-0.1, -0.05) is 13.8 Å². The smallest absolute Gasteiger partial charge is 0.252 e. The van der Waals surface area contributed by atoms with Gasteiger partial charge in [-0.25, -0.2) is 4.98 Å². The maximum atomic E-state index is 13.2. The number of rotatable bonds is 8. The number of fused-ring (bicyclic) bond motifs is 2. The number of methoxy groups -OCH3 is 1. The van der Waals surface area contributed by atoms with Gasteiger partial charge in [-0.05, 0) is 44.4 Å². The number of aliphatic hydroxyl groups is 2. The van der Waals surface area contributed by atoms with Crippen LogP contribution in [0.2, 0.25) is 0 Å². The molecule has 3 N–H and O–H groups in total. The number of amides is 2. The summed E-state index contributed by atoms with van der Waals surface area (Å²) in [6, 6.07) is 0. The van der Waals surface area contributed by atoms with Crippen LogP contribution in [0.25, 0.3) is 0 Å². The number of thiazole rings is 1. The van der Waals surface area contributed by atoms with Gasteiger partial charge in [0.15, 0.2) is 5.13 Å². The van der Waals surface area contributed by atoms with Gasteiger partial charge in [-0.3, -0.25) is 14.9 Å². The Labute approximate surface area is 194 Å². The molecule has 3 rings (SSSR count). The van der Waals surface area contributed by atoms with Crippen molar-refractivity contribution < 1.29 is 24.5 Å². The quantitative estimate of drug-likeness (QED) is 0.541. The predicted molar refractivity (Wildman–Crippen MR) is 124 cm³/mol. The fourth-order valence-corrected chi connectivity index (χ4v) is 6.95. The first kappa shape index (κ1) is 25.1. The molecule has 0 radical (unpaired) electrons. The molecule has 8 nitrogen and oxygen atoms in total. The summed E-state index contributed by atoms with van der Waals surface area (Å²) < 4.78 is 4.91. The number of aromatic nitrogens is 1. The molecule has 0 aromatic carbocycles. The first-order valence-electron chi connectivity index (χ1n) is 11.5. The van der Waals surface area contributed by atoms with E-state index in [2.05, 4.69) is 12.2 Å². The summed E-state index contributed by atoms with van der Waals surface area (Å²) in [5.41, 5.74) is -0.0855. The third kappa shape index (κ3) is 4.32. The summed E-state index contributed by atoms with van der Waals surface area (Å²) in [4.78, 5) is 32.9. The molecule has 180 valence electrons. The molecule has 0 bridgehead atoms. The van der Waals surface area contributed by atoms with Crippen molar-refractivity contribution >= 4 is 28.3 Å². The molecule has 5 atom stereocenters. The highest BCUT2D eigenvalue weighted by Crippen LogP contribution is 2.62. The lowest BCUT2D eigenvalue weighted by Crippen LogP contribution is -2.57. The zero-order valence-electron chi connectivity index (χ0n) is 19.8. The summed E-state index contributed by atoms with van der Waals surface area (Å²) in [5.74, 6) is -0.336. The fourth-order valence-electron chi connectivity index (χ4n) is 5.87. The average molecular weight is 468 g/mol. The Balaban J connectivity index is 2.04. The average Bonchev–Trinajstić information content (AvgIpc) is 3.15. The van der Waals surface area contributed by atoms with Crippen LogP contribution in [0.15, 0.2) is 0 Å². The number of nitrogens with zero attached hydrogens (tertiary/aromatic N) is 2. The van der Waals surface area contributed by atoms with Crippen LogP contribution < -0.4 is 5.32 Å². The Kier molecular flexibility index (Phi) is 7.64. The SMILES string of the molecule is CCN(CC)C(=O)CC1c2nc(NC(=O)COC)sc2CC2C(C)(CO)C(O)CCC12C. The number of anilines is 1. The highest BCUT2D eigenvalue weighted by atomic mass is 32.1. The van der Waals surface area contributed by atoms with Crippen LogP contribution >= 0.6 is 11.3 Å². The minimum atomic E-state index is -0.662. The Morgan fingerprint density at radius 3 is 2.59 bits per heavy atom. The van der Waals surface area contributed by atoms with E-state index in [1.54, 1.807) is 0 Å². The monoisotopic (exact) mass is 467 g/mol. The number of hydrogen-bond donors (Lipinski definition) is 3. The van der Waals surface area contributed by atoms with E-state index in [0.29, 0.717) is 37.5 Å². The second-order valence-electron chi connectivity index (χ2n) is 9.61. The van der Waals surface area contributed by atoms with E-state index in [1.807, 2.05) is 25.7 Å². The third-order valence-corrected chi connectivity index (χ3v) is 8.92. The largest absolute Gasteiger partial charge is 0.396 e. The maximum Gasteiger partial charge on any atom is 0.252 e. The zero-order valence-corrected chi connectivity index (χ0v) is 20.6. The minimum Gasteiger partial charge on any atom is -0.396 e. The van der Waals surface area contributed by atoms with Crippen molar-refractivity contribution in [3.05, 3.63) is 10.6 Å². The lowest BCUT2D eigenvalue weighted by Gasteiger charge is -2.58. The van der Waals surface area contributed by atoms with Gasteiger partial charge in [0.1, 0.15) is 6.61 Å². The Morgan fingerprint density at radius 2 is 2.00 bits per heavy atom. The number of nitrogens with one attached hydrogen (secondary N) is 1. The first-order chi connectivity index (χ1) is 15.1. The molecule has 2 amide bonds. The minimum absolute atomic E-state index is 0.00581. The lowest BCUT2D eigenvalue weighted by molar-refractivity contribution is -0.147. The molecule has 2 aliphatic rings. The normalized spacial score (nSPS) is 31.5. The molecule has 1 aromatic heterocycles. The number of carbonyl (C=O) groups is 2. The van der Waals surface area contributed by atoms with Gasteiger partial charge in [0.25, 0.3) is 5.91 Å². The fraction of sp³-hybridized carbons (Fsp3) is 0.783. The van der Waals surface area contributed by atoms with Crippen LogP contribution in [0.1, 0.15) is 63.4 Å². The lowest BCUT2D eigenvalue weighted by atomic mass is 9.47. The molecule has 1 saturated carbocycles. The molecule has 32 heavy (non-hydrogen) atoms. The molecule has 1 fully saturated rings. The van der Waals surface area contributed by atoms with Gasteiger partial charge < -0.3 is 19.8 Å². The Bertz CT molecular complexity index is 842. The van der Waals surface area contributed by atoms with Crippen LogP contribution in [0.5, 0.6) is 0 Å². The molecule has 1 aromatic rings. The summed E-state index contributed by atoms with van der Waals surface area (Å²) in [7, 11) is 1.47. The number of ether oxygens (including phenoxy) is 1. The second-order valence-corrected chi connectivity index (χ2v) is 10.7. The van der Waals surface area contributed by atoms with Crippen molar-refractivity contribution in [1.82, 2.24) is 9.88 Å². The molecule has 0 spiro atoms. The topological polar surface area (TPSA) is 112 Å². The Morgan fingerprint density at radius 1 is 1.31 bits per heavy atom. The van der Waals surface area contributed by atoms with E-state index in [0.717, 1.165) is 17.0 Å². The van der Waals surface area contributed by atoms with Crippen LogP contribution in [-0.2, 0) is 20.7 Å². The van der Waals surface area contributed by atoms with E-state index in [1.165, 1.54) is 18.4 Å². The molecule has 1 heterocycles. The van der Waals surface area contributed by atoms with E-state index in [-0.39, 0.29) is 42.3 Å². The van der Waals surface area contributed by atoms with Crippen LogP contribution in [0.4, 0.5) is 5.13 Å². The van der Waals surface area contributed by atoms with Crippen molar-refractivity contribution in [2.24, 2.45) is 16.7 Å². The molecule has 9 heteroatoms. The predicted octanol–water partition coefficient (Wildman–Crippen LogP) is 2.40. The number of aliphatic hydroxyl groups excluding tert-OH is 2. The van der Waals surface area contributed by atoms with Gasteiger partial charge in [-0.2, -0.15) is 0 Å². The van der Waals surface area contributed by atoms with Crippen molar-refractivity contribution in [2.75, 3.05) is 38.7 Å². The van der Waals surface area contributed by atoms with Crippen molar-refractivity contribution in [3.63, 3.8) is 0 Å². The zero-order chi connectivity index (χ0) is 23.7. The third-order valence-electron chi connectivity index (χ3n) is 7.91. The Hall–Kier alpha value is -1.55. The van der Waals surface area contributed by atoms with E-state index in [4.69, 9.17) is 9.72 Å². The summed E-state index contributed by atoms with van der Waals surface area (Å²) in [6.45, 7) is 9.23. The van der Waals surface area contributed by atoms with Crippen LogP contribution in [0, 0.1) is 16.7 Å². The number of carbonyl (C=O) groups excluding carboxylic acids is 2. The van der Waals surface area contributed by atoms with Crippen LogP contribution in [0.3, 0.4) is 0 Å². The standard InChI is InChI=1S/C23H37N3O5S/c1-6-26(7-2)19(30)10-14-20-15(32-21(25-20)24-18(29)12-31-5)11-16-22(14,3)9-8-17(28)23(16,4)13-27/h14,16-17,27-28H,6-13H2,1-5H3,(H,24,25,29). The molecular formula is C23H37N3O5S. The molecule has 5 unspecified atom stereocenters. The maximum absolute atomic E-state index is 13.2. The van der Waals surface area contributed by atoms with Crippen molar-refractivity contribution in [3.8, 4) is 0 Å². The summed E-state index contributed by atoms with van der Waals surface area (Å²) in [6.07, 6.45) is 1.73. The van der Waals surface area contributed by atoms with Crippen molar-refractivity contribution in [2.45, 2.75) is 65.4 Å². The van der Waals surface area contributed by atoms with Gasteiger partial charge in [0.05, 0.1) is 18.4 Å². The number of hydrogen-bond acceptors (Lipinski definition) is 7. The van der Waals surface area contributed by atoms with Gasteiger partial charge in [0, 0.05) is 42.8 Å². The van der Waals surface area contributed by atoms with Gasteiger partial charge >= 0.3 is 0 Å². The highest BCUT2D eigenvalue weighted by Gasteiger charge is 2.59. The van der Waals surface area contributed by atoms with Gasteiger partial charge in [-0.15, -0.1) is 11.3 Å². The molecule has 2 aliphatic carbocycles. The van der Waals surface area contributed by atoms with Crippen molar-refractivity contribution in [1.29, 1.82) is 0 Å². The second kappa shape index (κ2) is 9.75. The van der Waals surface area contributed by atoms with Gasteiger partial charge in [0.2, 0.25) is 5.91 Å². The van der Waals surface area contributed by atoms with Crippen LogP contribution in [-0.4, -0.2) is 71.4 Å². The summed E-state index contributed by atoms with van der Waals surface area (Å²) >= 11 is 1.42. The highest BCUT2D eigenvalue weighted by molar-refractivity contribution is 7.15. The summed E-state index contributed by atoms with van der Waals surface area (Å²) in [5, 5.41) is 24.5. The van der Waals surface area contributed by atoms with E-state index >= 15 is 0 Å². The molecule has 0 saturated heterocycles. The first-order valence-corrected chi connectivity index (χ1v) is 12.3.